The largest absolute Gasteiger partial charge is 0.573 e. The van der Waals surface area contributed by atoms with Gasteiger partial charge in [-0.15, -0.1) is 24.8 Å². The second-order valence-electron chi connectivity index (χ2n) is 3.53. The van der Waals surface area contributed by atoms with Gasteiger partial charge in [0, 0.05) is 6.07 Å². The maximum atomic E-state index is 12.3. The highest BCUT2D eigenvalue weighted by Crippen LogP contribution is 2.35. The number of aromatic nitrogens is 1. The topological polar surface area (TPSA) is 57.7 Å². The summed E-state index contributed by atoms with van der Waals surface area (Å²) in [7, 11) is 2.29. The van der Waals surface area contributed by atoms with Crippen LogP contribution in [-0.2, 0) is 21.8 Å². The first kappa shape index (κ1) is 16.4. The molecule has 0 bridgehead atoms. The van der Waals surface area contributed by atoms with Crippen LogP contribution in [0.25, 0.3) is 0 Å². The van der Waals surface area contributed by atoms with Gasteiger partial charge in [0.05, 0.1) is 37.9 Å². The van der Waals surface area contributed by atoms with E-state index in [1.54, 1.807) is 0 Å². The van der Waals surface area contributed by atoms with Crippen LogP contribution >= 0.6 is 11.6 Å². The van der Waals surface area contributed by atoms with Crippen molar-refractivity contribution in [2.24, 2.45) is 0 Å². The number of pyridine rings is 1. The van der Waals surface area contributed by atoms with Crippen molar-refractivity contribution in [3.63, 3.8) is 0 Å². The minimum Gasteiger partial charge on any atom is -0.491 e. The zero-order valence-corrected chi connectivity index (χ0v) is 11.3. The number of carbonyl (C=O) groups is 1. The minimum absolute atomic E-state index is 0.0447. The Balaban J connectivity index is 3.27. The van der Waals surface area contributed by atoms with Crippen LogP contribution in [0.15, 0.2) is 6.07 Å². The zero-order chi connectivity index (χ0) is 15.3. The van der Waals surface area contributed by atoms with Gasteiger partial charge in [0.15, 0.2) is 11.5 Å². The fraction of sp³-hybridized carbons (Fsp3) is 0.455. The molecule has 20 heavy (non-hydrogen) atoms. The van der Waals surface area contributed by atoms with Gasteiger partial charge in [-0.25, -0.2) is 0 Å². The van der Waals surface area contributed by atoms with Crippen LogP contribution in [0.2, 0.25) is 0 Å². The van der Waals surface area contributed by atoms with Crippen LogP contribution in [0, 0.1) is 0 Å². The molecule has 0 unspecified atom stereocenters. The molecule has 0 atom stereocenters. The molecule has 1 aromatic heterocycles. The van der Waals surface area contributed by atoms with Crippen molar-refractivity contribution in [1.29, 1.82) is 0 Å². The molecule has 5 nitrogen and oxygen atoms in total. The Hall–Kier alpha value is -1.70. The highest BCUT2D eigenvalue weighted by molar-refractivity contribution is 6.16. The van der Waals surface area contributed by atoms with Crippen LogP contribution in [-0.4, -0.2) is 31.5 Å². The fourth-order valence-electron chi connectivity index (χ4n) is 1.43. The molecule has 1 rings (SSSR count). The average molecular weight is 314 g/mol. The third-order valence-corrected chi connectivity index (χ3v) is 2.44. The molecule has 0 aromatic carbocycles. The molecule has 0 saturated carbocycles. The molecule has 0 fully saturated rings. The smallest absolute Gasteiger partial charge is 0.491 e. The van der Waals surface area contributed by atoms with Gasteiger partial charge >= 0.3 is 12.3 Å². The quantitative estimate of drug-likeness (QED) is 0.617. The Morgan fingerprint density at radius 1 is 1.40 bits per heavy atom. The number of esters is 1. The van der Waals surface area contributed by atoms with Crippen molar-refractivity contribution in [2.45, 2.75) is 18.7 Å². The second kappa shape index (κ2) is 6.65. The van der Waals surface area contributed by atoms with Gasteiger partial charge in [-0.05, 0) is 0 Å². The van der Waals surface area contributed by atoms with Crippen molar-refractivity contribution >= 4 is 17.6 Å². The molecule has 0 radical (unpaired) electrons. The Morgan fingerprint density at radius 2 is 2.05 bits per heavy atom. The monoisotopic (exact) mass is 313 g/mol. The minimum atomic E-state index is -4.90. The summed E-state index contributed by atoms with van der Waals surface area (Å²) in [5.74, 6) is -1.72. The zero-order valence-electron chi connectivity index (χ0n) is 10.6. The first-order valence-electron chi connectivity index (χ1n) is 5.26. The number of nitrogens with zero attached hydrogens (tertiary/aromatic N) is 1. The molecule has 0 N–H and O–H groups in total. The summed E-state index contributed by atoms with van der Waals surface area (Å²) < 4.78 is 50.1. The second-order valence-corrected chi connectivity index (χ2v) is 3.79. The van der Waals surface area contributed by atoms with E-state index in [-0.39, 0.29) is 29.4 Å². The van der Waals surface area contributed by atoms with E-state index >= 15 is 0 Å². The van der Waals surface area contributed by atoms with Crippen molar-refractivity contribution in [1.82, 2.24) is 4.98 Å². The lowest BCUT2D eigenvalue weighted by Crippen LogP contribution is -2.19. The lowest BCUT2D eigenvalue weighted by atomic mass is 10.2. The van der Waals surface area contributed by atoms with Crippen molar-refractivity contribution in [3.8, 4) is 11.5 Å². The van der Waals surface area contributed by atoms with Crippen molar-refractivity contribution in [3.05, 3.63) is 17.5 Å². The van der Waals surface area contributed by atoms with Crippen molar-refractivity contribution in [2.75, 3.05) is 14.2 Å². The van der Waals surface area contributed by atoms with Gasteiger partial charge in [0.1, 0.15) is 0 Å². The van der Waals surface area contributed by atoms with E-state index in [2.05, 4.69) is 14.5 Å². The molecule has 112 valence electrons. The highest BCUT2D eigenvalue weighted by Gasteiger charge is 2.33. The number of rotatable bonds is 5. The lowest BCUT2D eigenvalue weighted by molar-refractivity contribution is -0.275. The standard InChI is InChI=1S/C11H11ClF3NO4/c1-18-9(17)4-7-10(19-2)8(20-11(13,14)15)3-6(5-12)16-7/h3H,4-5H2,1-2H3. The number of hydrogen-bond donors (Lipinski definition) is 0. The van der Waals surface area contributed by atoms with Crippen LogP contribution in [0.5, 0.6) is 11.5 Å². The number of carbonyl (C=O) groups excluding carboxylic acids is 1. The SMILES string of the molecule is COC(=O)Cc1nc(CCl)cc(OC(F)(F)F)c1OC. The van der Waals surface area contributed by atoms with Gasteiger partial charge in [-0.2, -0.15) is 0 Å². The van der Waals surface area contributed by atoms with Crippen LogP contribution < -0.4 is 9.47 Å². The van der Waals surface area contributed by atoms with Gasteiger partial charge < -0.3 is 14.2 Å². The van der Waals surface area contributed by atoms with E-state index < -0.39 is 18.1 Å². The van der Waals surface area contributed by atoms with Crippen LogP contribution in [0.3, 0.4) is 0 Å². The first-order chi connectivity index (χ1) is 9.30. The third kappa shape index (κ3) is 4.44. The number of alkyl halides is 4. The molecular weight excluding hydrogens is 303 g/mol. The van der Waals surface area contributed by atoms with Gasteiger partial charge in [-0.1, -0.05) is 0 Å². The molecule has 9 heteroatoms. The maximum Gasteiger partial charge on any atom is 0.573 e. The molecule has 0 saturated heterocycles. The molecular formula is C11H11ClF3NO4. The number of ether oxygens (including phenoxy) is 3. The predicted octanol–water partition coefficient (Wildman–Crippen LogP) is 2.44. The Morgan fingerprint density at radius 3 is 2.50 bits per heavy atom. The third-order valence-electron chi connectivity index (χ3n) is 2.17. The summed E-state index contributed by atoms with van der Waals surface area (Å²) in [6.45, 7) is 0. The summed E-state index contributed by atoms with van der Waals surface area (Å²) in [6, 6.07) is 1.00. The molecule has 0 aliphatic rings. The molecule has 0 amide bonds. The number of halogens is 4. The number of hydrogen-bond acceptors (Lipinski definition) is 5. The van der Waals surface area contributed by atoms with E-state index in [1.807, 2.05) is 0 Å². The summed E-state index contributed by atoms with van der Waals surface area (Å²) >= 11 is 5.55. The molecule has 0 spiro atoms. The highest BCUT2D eigenvalue weighted by atomic mass is 35.5. The number of methoxy groups -OCH3 is 2. The maximum absolute atomic E-state index is 12.3. The Bertz CT molecular complexity index is 493. The van der Waals surface area contributed by atoms with E-state index in [4.69, 9.17) is 16.3 Å². The summed E-state index contributed by atoms with van der Waals surface area (Å²) in [5, 5.41) is 0. The predicted molar refractivity (Wildman–Crippen MR) is 62.7 cm³/mol. The normalized spacial score (nSPS) is 11.1. The molecule has 1 heterocycles. The molecule has 0 aliphatic heterocycles. The lowest BCUT2D eigenvalue weighted by Gasteiger charge is -2.15. The van der Waals surface area contributed by atoms with E-state index in [1.165, 1.54) is 0 Å². The van der Waals surface area contributed by atoms with Crippen molar-refractivity contribution < 1.29 is 32.2 Å². The Kier molecular flexibility index (Phi) is 5.43. The summed E-state index contributed by atoms with van der Waals surface area (Å²) in [6.07, 6.45) is -5.26. The molecule has 0 aliphatic carbocycles. The van der Waals surface area contributed by atoms with Crippen LogP contribution in [0.4, 0.5) is 13.2 Å². The van der Waals surface area contributed by atoms with Gasteiger partial charge in [0.25, 0.3) is 0 Å². The fourth-order valence-corrected chi connectivity index (χ4v) is 1.57. The molecule has 1 aromatic rings. The van der Waals surface area contributed by atoms with E-state index in [0.29, 0.717) is 0 Å². The van der Waals surface area contributed by atoms with Crippen LogP contribution in [0.1, 0.15) is 11.4 Å². The summed E-state index contributed by atoms with van der Waals surface area (Å²) in [5.41, 5.74) is 0.0716. The Labute approximate surface area is 117 Å². The van der Waals surface area contributed by atoms with Gasteiger partial charge in [0.2, 0.25) is 0 Å². The van der Waals surface area contributed by atoms with Gasteiger partial charge in [-0.3, -0.25) is 9.78 Å². The summed E-state index contributed by atoms with van der Waals surface area (Å²) in [4.78, 5) is 15.2. The first-order valence-corrected chi connectivity index (χ1v) is 5.79. The average Bonchev–Trinajstić information content (AvgIpc) is 2.36. The van der Waals surface area contributed by atoms with E-state index in [0.717, 1.165) is 20.3 Å². The van der Waals surface area contributed by atoms with E-state index in [9.17, 15) is 18.0 Å².